The van der Waals surface area contributed by atoms with Crippen molar-refractivity contribution in [2.45, 2.75) is 39.2 Å². The summed E-state index contributed by atoms with van der Waals surface area (Å²) < 4.78 is 45.4. The van der Waals surface area contributed by atoms with E-state index in [0.29, 0.717) is 47.6 Å². The van der Waals surface area contributed by atoms with Crippen LogP contribution < -0.4 is 10.5 Å². The molecule has 1 saturated heterocycles. The summed E-state index contributed by atoms with van der Waals surface area (Å²) in [5.74, 6) is 0.583. The number of nitrogens with zero attached hydrogens (tertiary/aromatic N) is 7. The molecule has 1 fully saturated rings. The van der Waals surface area contributed by atoms with Crippen LogP contribution in [0.2, 0.25) is 0 Å². The smallest absolute Gasteiger partial charge is 0.395 e. The van der Waals surface area contributed by atoms with Crippen molar-refractivity contribution < 1.29 is 23.1 Å². The van der Waals surface area contributed by atoms with Gasteiger partial charge < -0.3 is 19.5 Å². The van der Waals surface area contributed by atoms with Crippen LogP contribution in [-0.4, -0.2) is 72.1 Å². The first-order chi connectivity index (χ1) is 19.0. The van der Waals surface area contributed by atoms with E-state index in [1.807, 2.05) is 16.7 Å². The third-order valence-corrected chi connectivity index (χ3v) is 7.39. The summed E-state index contributed by atoms with van der Waals surface area (Å²) >= 11 is 0. The van der Waals surface area contributed by atoms with Crippen molar-refractivity contribution in [1.82, 2.24) is 28.8 Å². The van der Waals surface area contributed by atoms with Crippen LogP contribution in [0.15, 0.2) is 47.8 Å². The van der Waals surface area contributed by atoms with Crippen LogP contribution in [0.4, 0.5) is 19.1 Å². The van der Waals surface area contributed by atoms with Crippen molar-refractivity contribution in [3.05, 3.63) is 64.5 Å². The topological polar surface area (TPSA) is 101 Å². The molecule has 0 spiro atoms. The number of halogens is 3. The quantitative estimate of drug-likeness (QED) is 0.391. The van der Waals surface area contributed by atoms with Crippen molar-refractivity contribution in [2.75, 3.05) is 31.1 Å². The molecule has 212 valence electrons. The summed E-state index contributed by atoms with van der Waals surface area (Å²) in [6.45, 7) is 4.90. The monoisotopic (exact) mass is 557 g/mol. The molecule has 1 aromatic carbocycles. The van der Waals surface area contributed by atoms with Crippen LogP contribution in [0, 0.1) is 0 Å². The fraction of sp³-hybridized carbons (Fsp3) is 0.407. The zero-order valence-electron chi connectivity index (χ0n) is 22.4. The Kier molecular flexibility index (Phi) is 7.17. The summed E-state index contributed by atoms with van der Waals surface area (Å²) in [4.78, 5) is 37.6. The zero-order valence-corrected chi connectivity index (χ0v) is 22.4. The highest BCUT2D eigenvalue weighted by Crippen LogP contribution is 2.34. The van der Waals surface area contributed by atoms with Crippen molar-refractivity contribution in [3.63, 3.8) is 0 Å². The van der Waals surface area contributed by atoms with Crippen molar-refractivity contribution in [3.8, 4) is 11.1 Å². The van der Waals surface area contributed by atoms with Crippen molar-refractivity contribution in [2.24, 2.45) is 7.05 Å². The fourth-order valence-corrected chi connectivity index (χ4v) is 5.33. The van der Waals surface area contributed by atoms with E-state index in [1.54, 1.807) is 37.5 Å². The summed E-state index contributed by atoms with van der Waals surface area (Å²) in [5, 5.41) is 9.57. The van der Waals surface area contributed by atoms with E-state index < -0.39 is 11.7 Å². The highest BCUT2D eigenvalue weighted by atomic mass is 19.4. The lowest BCUT2D eigenvalue weighted by Crippen LogP contribution is -2.53. The second kappa shape index (κ2) is 10.5. The number of aliphatic hydroxyl groups is 1. The third kappa shape index (κ3) is 5.08. The Bertz CT molecular complexity index is 1600. The molecule has 0 saturated carbocycles. The number of amides is 1. The van der Waals surface area contributed by atoms with E-state index in [1.165, 1.54) is 27.2 Å². The first-order valence-electron chi connectivity index (χ1n) is 12.9. The van der Waals surface area contributed by atoms with Gasteiger partial charge in [-0.25, -0.2) is 9.97 Å². The van der Waals surface area contributed by atoms with Gasteiger partial charge in [-0.2, -0.15) is 13.2 Å². The van der Waals surface area contributed by atoms with Gasteiger partial charge in [0, 0.05) is 82.1 Å². The second-order valence-corrected chi connectivity index (χ2v) is 10.1. The predicted molar refractivity (Wildman–Crippen MR) is 143 cm³/mol. The second-order valence-electron chi connectivity index (χ2n) is 10.1. The van der Waals surface area contributed by atoms with Gasteiger partial charge >= 0.3 is 6.18 Å². The van der Waals surface area contributed by atoms with Gasteiger partial charge in [0.1, 0.15) is 0 Å². The van der Waals surface area contributed by atoms with Gasteiger partial charge in [-0.3, -0.25) is 19.0 Å². The molecule has 0 aliphatic carbocycles. The number of carbonyl (C=O) groups excluding carboxylic acids is 1. The number of hydrogen-bond acceptors (Lipinski definition) is 6. The molecule has 1 aliphatic rings. The number of benzene rings is 1. The summed E-state index contributed by atoms with van der Waals surface area (Å²) in [6, 6.07) is 5.20. The number of piperazine rings is 1. The Balaban J connectivity index is 1.46. The van der Waals surface area contributed by atoms with Crippen LogP contribution in [0.25, 0.3) is 22.0 Å². The van der Waals surface area contributed by atoms with E-state index in [2.05, 4.69) is 9.97 Å². The normalized spacial score (nSPS) is 16.2. The number of hydrogen-bond donors (Lipinski definition) is 1. The maximum Gasteiger partial charge on any atom is 0.418 e. The molecule has 1 amide bonds. The van der Waals surface area contributed by atoms with Gasteiger partial charge in [0.05, 0.1) is 29.6 Å². The molecule has 0 radical (unpaired) electrons. The molecule has 10 nitrogen and oxygen atoms in total. The SMILES string of the molecule is CC(=O)N1CCN(c2ncc(-c3ccc4c(=O)n(C)n(Cc5cn(CCO)cc5C(F)(F)F)c4c3)cn2)CC1C. The minimum absolute atomic E-state index is 0.00867. The van der Waals surface area contributed by atoms with E-state index in [4.69, 9.17) is 0 Å². The van der Waals surface area contributed by atoms with Gasteiger partial charge in [0.2, 0.25) is 11.9 Å². The summed E-state index contributed by atoms with van der Waals surface area (Å²) in [6.07, 6.45) is 1.09. The van der Waals surface area contributed by atoms with Crippen LogP contribution in [-0.2, 0) is 31.1 Å². The molecule has 0 bridgehead atoms. The van der Waals surface area contributed by atoms with E-state index >= 15 is 0 Å². The molecule has 1 unspecified atom stereocenters. The van der Waals surface area contributed by atoms with Gasteiger partial charge in [-0.1, -0.05) is 6.07 Å². The highest BCUT2D eigenvalue weighted by Gasteiger charge is 2.35. The molecule has 1 atom stereocenters. The Labute approximate surface area is 227 Å². The first-order valence-corrected chi connectivity index (χ1v) is 12.9. The Morgan fingerprint density at radius 3 is 2.48 bits per heavy atom. The van der Waals surface area contributed by atoms with Crippen molar-refractivity contribution >= 4 is 22.8 Å². The van der Waals surface area contributed by atoms with Crippen molar-refractivity contribution in [1.29, 1.82) is 0 Å². The molecule has 5 rings (SSSR count). The van der Waals surface area contributed by atoms with Gasteiger partial charge in [0.15, 0.2) is 0 Å². The third-order valence-electron chi connectivity index (χ3n) is 7.39. The minimum atomic E-state index is -4.58. The lowest BCUT2D eigenvalue weighted by molar-refractivity contribution is -0.138. The van der Waals surface area contributed by atoms with Gasteiger partial charge in [-0.05, 0) is 24.6 Å². The lowest BCUT2D eigenvalue weighted by atomic mass is 10.1. The average molecular weight is 558 g/mol. The van der Waals surface area contributed by atoms with Gasteiger partial charge in [-0.15, -0.1) is 0 Å². The molecule has 13 heteroatoms. The van der Waals surface area contributed by atoms with Crippen LogP contribution in [0.3, 0.4) is 0 Å². The van der Waals surface area contributed by atoms with Crippen LogP contribution in [0.1, 0.15) is 25.0 Å². The number of fused-ring (bicyclic) bond motifs is 1. The highest BCUT2D eigenvalue weighted by molar-refractivity contribution is 5.84. The Morgan fingerprint density at radius 1 is 1.12 bits per heavy atom. The first kappa shape index (κ1) is 27.4. The van der Waals surface area contributed by atoms with Gasteiger partial charge in [0.25, 0.3) is 5.56 Å². The van der Waals surface area contributed by atoms with Crippen LogP contribution >= 0.6 is 0 Å². The maximum absolute atomic E-state index is 13.8. The molecule has 4 heterocycles. The number of carbonyl (C=O) groups is 1. The largest absolute Gasteiger partial charge is 0.418 e. The number of aliphatic hydroxyl groups excluding tert-OH is 1. The van der Waals surface area contributed by atoms with E-state index in [-0.39, 0.29) is 42.8 Å². The molecule has 3 aromatic heterocycles. The number of alkyl halides is 3. The number of aromatic nitrogens is 5. The average Bonchev–Trinajstić information content (AvgIpc) is 3.43. The number of rotatable bonds is 6. The summed E-state index contributed by atoms with van der Waals surface area (Å²) in [7, 11) is 1.52. The lowest BCUT2D eigenvalue weighted by Gasteiger charge is -2.39. The molecular formula is C27H30F3N7O3. The zero-order chi connectivity index (χ0) is 28.8. The molecule has 40 heavy (non-hydrogen) atoms. The standard InChI is InChI=1S/C27H30F3N7O3/c1-17-13-35(6-7-36(17)18(2)39)26-31-11-20(12-32-26)19-4-5-22-24(10-19)37(33(3)25(22)40)15-21-14-34(8-9-38)16-23(21)27(28,29)30/h4-5,10-12,14,16-17,38H,6-9,13,15H2,1-3H3. The van der Waals surface area contributed by atoms with E-state index in [9.17, 15) is 27.9 Å². The minimum Gasteiger partial charge on any atom is -0.395 e. The summed E-state index contributed by atoms with van der Waals surface area (Å²) in [5.41, 5.74) is 0.733. The van der Waals surface area contributed by atoms with E-state index in [0.717, 1.165) is 6.20 Å². The molecule has 1 N–H and O–H groups in total. The fourth-order valence-electron chi connectivity index (χ4n) is 5.33. The number of anilines is 1. The maximum atomic E-state index is 13.8. The predicted octanol–water partition coefficient (Wildman–Crippen LogP) is 2.71. The Hall–Kier alpha value is -4.13. The molecule has 4 aromatic rings. The Morgan fingerprint density at radius 2 is 1.85 bits per heavy atom. The molecular weight excluding hydrogens is 527 g/mol. The van der Waals surface area contributed by atoms with Crippen LogP contribution in [0.5, 0.6) is 0 Å². The molecule has 1 aliphatic heterocycles.